The van der Waals surface area contributed by atoms with E-state index in [1.165, 1.54) is 12.5 Å². The Balaban J connectivity index is 2.21. The van der Waals surface area contributed by atoms with E-state index < -0.39 is 0 Å². The first-order chi connectivity index (χ1) is 9.24. The lowest BCUT2D eigenvalue weighted by Crippen LogP contribution is -2.20. The highest BCUT2D eigenvalue weighted by Gasteiger charge is 2.02. The zero-order valence-electron chi connectivity index (χ0n) is 11.0. The Morgan fingerprint density at radius 3 is 2.16 bits per heavy atom. The largest absolute Gasteiger partial charge is 0.330 e. The summed E-state index contributed by atoms with van der Waals surface area (Å²) in [4.78, 5) is 11.3. The van der Waals surface area contributed by atoms with Gasteiger partial charge in [0.2, 0.25) is 5.91 Å². The van der Waals surface area contributed by atoms with Crippen molar-refractivity contribution in [2.24, 2.45) is 0 Å². The number of benzene rings is 2. The fraction of sp³-hybridized carbons (Fsp3) is 0.118. The van der Waals surface area contributed by atoms with E-state index in [2.05, 4.69) is 17.4 Å². The summed E-state index contributed by atoms with van der Waals surface area (Å²) in [5, 5.41) is 2.90. The molecule has 0 unspecified atom stereocenters. The molecule has 96 valence electrons. The standard InChI is InChI=1S/C17H17NO/c1-14(19)18-17(12-15-8-4-2-5-9-15)13-16-10-6-3-7-11-16/h2-12H,13H2,1H3,(H,18,19)/b17-12+. The van der Waals surface area contributed by atoms with Crippen molar-refractivity contribution >= 4 is 12.0 Å². The highest BCUT2D eigenvalue weighted by Crippen LogP contribution is 2.10. The lowest BCUT2D eigenvalue weighted by atomic mass is 10.1. The van der Waals surface area contributed by atoms with Crippen LogP contribution in [0.2, 0.25) is 0 Å². The van der Waals surface area contributed by atoms with E-state index in [9.17, 15) is 4.79 Å². The minimum atomic E-state index is -0.0434. The molecule has 19 heavy (non-hydrogen) atoms. The van der Waals surface area contributed by atoms with Crippen molar-refractivity contribution in [2.75, 3.05) is 0 Å². The maximum atomic E-state index is 11.3. The zero-order chi connectivity index (χ0) is 13.5. The molecule has 0 saturated carbocycles. The molecule has 0 saturated heterocycles. The Hall–Kier alpha value is -2.35. The lowest BCUT2D eigenvalue weighted by Gasteiger charge is -2.08. The third-order valence-electron chi connectivity index (χ3n) is 2.71. The van der Waals surface area contributed by atoms with Gasteiger partial charge in [0.15, 0.2) is 0 Å². The second-order valence-electron chi connectivity index (χ2n) is 4.42. The van der Waals surface area contributed by atoms with Gasteiger partial charge in [0, 0.05) is 19.0 Å². The van der Waals surface area contributed by atoms with Crippen LogP contribution in [0.3, 0.4) is 0 Å². The fourth-order valence-electron chi connectivity index (χ4n) is 1.92. The van der Waals surface area contributed by atoms with Gasteiger partial charge in [-0.15, -0.1) is 0 Å². The number of rotatable bonds is 4. The molecule has 0 atom stereocenters. The monoisotopic (exact) mass is 251 g/mol. The molecule has 0 bridgehead atoms. The van der Waals surface area contributed by atoms with Crippen molar-refractivity contribution in [3.05, 3.63) is 77.5 Å². The van der Waals surface area contributed by atoms with Crippen LogP contribution in [-0.4, -0.2) is 5.91 Å². The van der Waals surface area contributed by atoms with Crippen LogP contribution in [0.4, 0.5) is 0 Å². The molecule has 2 aromatic rings. The van der Waals surface area contributed by atoms with Crippen molar-refractivity contribution in [1.29, 1.82) is 0 Å². The average molecular weight is 251 g/mol. The minimum absolute atomic E-state index is 0.0434. The van der Waals surface area contributed by atoms with Gasteiger partial charge in [-0.05, 0) is 17.2 Å². The summed E-state index contributed by atoms with van der Waals surface area (Å²) in [5.74, 6) is -0.0434. The maximum absolute atomic E-state index is 11.3. The van der Waals surface area contributed by atoms with Gasteiger partial charge in [-0.2, -0.15) is 0 Å². The van der Waals surface area contributed by atoms with E-state index in [0.29, 0.717) is 0 Å². The van der Waals surface area contributed by atoms with Gasteiger partial charge in [-0.1, -0.05) is 60.7 Å². The Bertz CT molecular complexity index is 558. The van der Waals surface area contributed by atoms with Crippen molar-refractivity contribution < 1.29 is 4.79 Å². The SMILES string of the molecule is CC(=O)N/C(=C/c1ccccc1)Cc1ccccc1. The third kappa shape index (κ3) is 4.43. The van der Waals surface area contributed by atoms with Gasteiger partial charge in [-0.3, -0.25) is 4.79 Å². The Morgan fingerprint density at radius 1 is 1.00 bits per heavy atom. The van der Waals surface area contributed by atoms with Crippen molar-refractivity contribution in [1.82, 2.24) is 5.32 Å². The predicted octanol–water partition coefficient (Wildman–Crippen LogP) is 3.41. The summed E-state index contributed by atoms with van der Waals surface area (Å²) < 4.78 is 0. The van der Waals surface area contributed by atoms with Gasteiger partial charge in [0.1, 0.15) is 0 Å². The molecular formula is C17H17NO. The predicted molar refractivity (Wildman–Crippen MR) is 78.4 cm³/mol. The van der Waals surface area contributed by atoms with Crippen LogP contribution in [0.1, 0.15) is 18.1 Å². The fourth-order valence-corrected chi connectivity index (χ4v) is 1.92. The molecule has 0 aliphatic carbocycles. The molecule has 0 radical (unpaired) electrons. The number of carbonyl (C=O) groups is 1. The molecule has 0 aliphatic rings. The Morgan fingerprint density at radius 2 is 1.58 bits per heavy atom. The zero-order valence-corrected chi connectivity index (χ0v) is 11.0. The smallest absolute Gasteiger partial charge is 0.221 e. The number of amides is 1. The first-order valence-corrected chi connectivity index (χ1v) is 6.31. The van der Waals surface area contributed by atoms with E-state index in [0.717, 1.165) is 17.7 Å². The van der Waals surface area contributed by atoms with Crippen LogP contribution < -0.4 is 5.32 Å². The minimum Gasteiger partial charge on any atom is -0.330 e. The number of hydrogen-bond donors (Lipinski definition) is 1. The van der Waals surface area contributed by atoms with E-state index in [1.807, 2.05) is 54.6 Å². The van der Waals surface area contributed by atoms with Crippen molar-refractivity contribution in [3.63, 3.8) is 0 Å². The molecule has 1 N–H and O–H groups in total. The number of allylic oxidation sites excluding steroid dienone is 1. The molecule has 0 heterocycles. The normalized spacial score (nSPS) is 11.1. The summed E-state index contributed by atoms with van der Waals surface area (Å²) in [6.45, 7) is 1.53. The van der Waals surface area contributed by atoms with E-state index in [1.54, 1.807) is 0 Å². The van der Waals surface area contributed by atoms with E-state index in [-0.39, 0.29) is 5.91 Å². The summed E-state index contributed by atoms with van der Waals surface area (Å²) in [5.41, 5.74) is 3.17. The summed E-state index contributed by atoms with van der Waals surface area (Å²) in [6, 6.07) is 20.1. The van der Waals surface area contributed by atoms with E-state index in [4.69, 9.17) is 0 Å². The summed E-state index contributed by atoms with van der Waals surface area (Å²) in [6.07, 6.45) is 2.73. The van der Waals surface area contributed by atoms with Crippen LogP contribution in [0, 0.1) is 0 Å². The van der Waals surface area contributed by atoms with Gasteiger partial charge in [0.25, 0.3) is 0 Å². The average Bonchev–Trinajstić information content (AvgIpc) is 2.40. The van der Waals surface area contributed by atoms with Gasteiger partial charge < -0.3 is 5.32 Å². The van der Waals surface area contributed by atoms with Gasteiger partial charge >= 0.3 is 0 Å². The molecule has 2 aromatic carbocycles. The van der Waals surface area contributed by atoms with Gasteiger partial charge in [-0.25, -0.2) is 0 Å². The Kier molecular flexibility index (Phi) is 4.51. The van der Waals surface area contributed by atoms with Crippen LogP contribution in [0.15, 0.2) is 66.4 Å². The van der Waals surface area contributed by atoms with Crippen LogP contribution >= 0.6 is 0 Å². The quantitative estimate of drug-likeness (QED) is 0.886. The number of carbonyl (C=O) groups excluding carboxylic acids is 1. The molecule has 1 amide bonds. The summed E-state index contributed by atoms with van der Waals surface area (Å²) in [7, 11) is 0. The topological polar surface area (TPSA) is 29.1 Å². The van der Waals surface area contributed by atoms with Crippen LogP contribution in [0.5, 0.6) is 0 Å². The molecule has 0 fully saturated rings. The molecule has 2 rings (SSSR count). The molecule has 0 aliphatic heterocycles. The number of hydrogen-bond acceptors (Lipinski definition) is 1. The second-order valence-corrected chi connectivity index (χ2v) is 4.42. The second kappa shape index (κ2) is 6.55. The third-order valence-corrected chi connectivity index (χ3v) is 2.71. The highest BCUT2D eigenvalue weighted by atomic mass is 16.1. The molecule has 2 heteroatoms. The maximum Gasteiger partial charge on any atom is 0.221 e. The first kappa shape index (κ1) is 13.1. The van der Waals surface area contributed by atoms with Crippen LogP contribution in [0.25, 0.3) is 6.08 Å². The molecule has 0 aromatic heterocycles. The van der Waals surface area contributed by atoms with E-state index >= 15 is 0 Å². The van der Waals surface area contributed by atoms with Crippen LogP contribution in [-0.2, 0) is 11.2 Å². The molecular weight excluding hydrogens is 234 g/mol. The lowest BCUT2D eigenvalue weighted by molar-refractivity contribution is -0.118. The van der Waals surface area contributed by atoms with Crippen molar-refractivity contribution in [3.8, 4) is 0 Å². The van der Waals surface area contributed by atoms with Crippen molar-refractivity contribution in [2.45, 2.75) is 13.3 Å². The first-order valence-electron chi connectivity index (χ1n) is 6.31. The molecule has 0 spiro atoms. The molecule has 2 nitrogen and oxygen atoms in total. The number of nitrogens with one attached hydrogen (secondary N) is 1. The summed E-state index contributed by atoms with van der Waals surface area (Å²) >= 11 is 0. The van der Waals surface area contributed by atoms with Gasteiger partial charge in [0.05, 0.1) is 0 Å². The highest BCUT2D eigenvalue weighted by molar-refractivity contribution is 5.76. The Labute approximate surface area is 113 Å².